The first-order valence-corrected chi connectivity index (χ1v) is 18.1. The van der Waals surface area contributed by atoms with E-state index in [2.05, 4.69) is 43.9 Å². The molecule has 0 spiro atoms. The van der Waals surface area contributed by atoms with Gasteiger partial charge in [-0.05, 0) is 56.9 Å². The zero-order valence-corrected chi connectivity index (χ0v) is 27.3. The fraction of sp³-hybridized carbons (Fsp3) is 0.406. The summed E-state index contributed by atoms with van der Waals surface area (Å²) >= 11 is 6.50. The first kappa shape index (κ1) is 32.0. The van der Waals surface area contributed by atoms with Gasteiger partial charge in [0.25, 0.3) is 0 Å². The number of anilines is 5. The summed E-state index contributed by atoms with van der Waals surface area (Å²) in [5, 5.41) is 14.1. The number of quaternary nitrogens is 1. The third-order valence-electron chi connectivity index (χ3n) is 8.59. The van der Waals surface area contributed by atoms with E-state index in [0.29, 0.717) is 45.0 Å². The molecular weight excluding hydrogens is 597 g/mol. The average molecular weight is 639 g/mol. The monoisotopic (exact) mass is 638 g/mol. The summed E-state index contributed by atoms with van der Waals surface area (Å²) < 4.78 is 19.7. The van der Waals surface area contributed by atoms with Crippen molar-refractivity contribution in [1.82, 2.24) is 19.8 Å². The molecule has 44 heavy (non-hydrogen) atoms. The number of para-hydroxylation sites is 1. The van der Waals surface area contributed by atoms with Crippen molar-refractivity contribution in [3.63, 3.8) is 0 Å². The lowest BCUT2D eigenvalue weighted by Crippen LogP contribution is -2.62. The minimum Gasteiger partial charge on any atom is -0.494 e. The molecule has 3 heterocycles. The molecular formula is C32H42ClN7O3P+. The molecule has 2 aliphatic rings. The second kappa shape index (κ2) is 13.7. The van der Waals surface area contributed by atoms with E-state index in [0.717, 1.165) is 62.0 Å². The predicted molar refractivity (Wildman–Crippen MR) is 182 cm³/mol. The molecule has 2 saturated heterocycles. The molecule has 0 radical (unpaired) electrons. The number of benzene rings is 2. The van der Waals surface area contributed by atoms with E-state index in [1.165, 1.54) is 18.7 Å². The molecule has 0 atom stereocenters. The molecule has 1 aromatic heterocycles. The second-order valence-corrected chi connectivity index (χ2v) is 15.4. The molecule has 2 aromatic carbocycles. The number of carbonyl (C=O) groups excluding carboxylic acids is 1. The van der Waals surface area contributed by atoms with Crippen LogP contribution in [0.1, 0.15) is 32.1 Å². The highest BCUT2D eigenvalue weighted by Crippen LogP contribution is 2.45. The standard InChI is InChI=1S/C32H41ClN7O3P/c1-5-30(41)36-25-19-26(28(43-2)20-27(25)40(17-9-6-10-18-40)22-13-15-34-16-14-22)38-32-35-21-23(33)31(39-32)37-24-11-7-8-12-29(24)44(3,4)42/h5,7-8,11-12,19-22,34H,1,6,9-10,13-18H2,2-4H3,(H2-,35,36,37,38,39,41,42)/p+1. The van der Waals surface area contributed by atoms with E-state index < -0.39 is 7.14 Å². The van der Waals surface area contributed by atoms with Crippen molar-refractivity contribution in [3.05, 3.63) is 60.3 Å². The van der Waals surface area contributed by atoms with Crippen molar-refractivity contribution in [2.75, 3.05) is 62.6 Å². The average Bonchev–Trinajstić information content (AvgIpc) is 3.03. The van der Waals surface area contributed by atoms with Crippen LogP contribution in [0.5, 0.6) is 5.75 Å². The van der Waals surface area contributed by atoms with Crippen molar-refractivity contribution < 1.29 is 14.1 Å². The van der Waals surface area contributed by atoms with Crippen LogP contribution in [0.3, 0.4) is 0 Å². The molecule has 0 unspecified atom stereocenters. The number of hydrogen-bond donors (Lipinski definition) is 4. The second-order valence-electron chi connectivity index (χ2n) is 11.8. The van der Waals surface area contributed by atoms with Gasteiger partial charge in [0.15, 0.2) is 11.5 Å². The third kappa shape index (κ3) is 6.94. The van der Waals surface area contributed by atoms with Gasteiger partial charge in [0.1, 0.15) is 23.6 Å². The normalized spacial score (nSPS) is 17.0. The summed E-state index contributed by atoms with van der Waals surface area (Å²) in [5.74, 6) is 0.979. The van der Waals surface area contributed by atoms with Crippen LogP contribution >= 0.6 is 18.7 Å². The van der Waals surface area contributed by atoms with Gasteiger partial charge in [0.2, 0.25) is 11.9 Å². The van der Waals surface area contributed by atoms with Gasteiger partial charge in [0, 0.05) is 37.3 Å². The molecule has 12 heteroatoms. The summed E-state index contributed by atoms with van der Waals surface area (Å²) in [4.78, 5) is 21.8. The lowest BCUT2D eigenvalue weighted by molar-refractivity contribution is -0.111. The number of ether oxygens (including phenoxy) is 1. The maximum absolute atomic E-state index is 12.9. The largest absolute Gasteiger partial charge is 0.494 e. The fourth-order valence-corrected chi connectivity index (χ4v) is 7.77. The van der Waals surface area contributed by atoms with Crippen LogP contribution < -0.4 is 35.8 Å². The molecule has 1 amide bonds. The van der Waals surface area contributed by atoms with Gasteiger partial charge >= 0.3 is 0 Å². The van der Waals surface area contributed by atoms with Crippen LogP contribution in [0.2, 0.25) is 5.02 Å². The Bertz CT molecular complexity index is 1570. The number of aromatic nitrogens is 2. The number of halogens is 1. The van der Waals surface area contributed by atoms with Gasteiger partial charge in [-0.3, -0.25) is 9.28 Å². The molecule has 0 saturated carbocycles. The molecule has 2 fully saturated rings. The van der Waals surface area contributed by atoms with Gasteiger partial charge in [-0.15, -0.1) is 0 Å². The quantitative estimate of drug-likeness (QED) is 0.117. The first-order chi connectivity index (χ1) is 21.1. The lowest BCUT2D eigenvalue weighted by Gasteiger charge is -2.49. The molecule has 0 bridgehead atoms. The number of carbonyl (C=O) groups is 1. The molecule has 4 N–H and O–H groups in total. The number of nitrogens with one attached hydrogen (secondary N) is 4. The SMILES string of the molecule is C=CC(=O)Nc1cc(Nc2ncc(Cl)c(Nc3ccccc3P(C)(C)=O)n2)c(OC)cc1[N+]1(C2CCNCC2)CCCCC1. The number of nitrogens with zero attached hydrogens (tertiary/aromatic N) is 3. The van der Waals surface area contributed by atoms with Crippen LogP contribution in [0.15, 0.2) is 55.3 Å². The van der Waals surface area contributed by atoms with E-state index in [1.807, 2.05) is 30.3 Å². The highest BCUT2D eigenvalue weighted by molar-refractivity contribution is 7.70. The Balaban J connectivity index is 1.54. The Morgan fingerprint density at radius 1 is 1.09 bits per heavy atom. The summed E-state index contributed by atoms with van der Waals surface area (Å²) in [6.45, 7) is 11.1. The van der Waals surface area contributed by atoms with Crippen molar-refractivity contribution in [1.29, 1.82) is 0 Å². The molecule has 3 aromatic rings. The fourth-order valence-electron chi connectivity index (χ4n) is 6.48. The Morgan fingerprint density at radius 2 is 1.82 bits per heavy atom. The Kier molecular flexibility index (Phi) is 9.95. The smallest absolute Gasteiger partial charge is 0.247 e. The van der Waals surface area contributed by atoms with E-state index in [-0.39, 0.29) is 11.9 Å². The Morgan fingerprint density at radius 3 is 2.50 bits per heavy atom. The number of piperidine rings is 2. The summed E-state index contributed by atoms with van der Waals surface area (Å²) in [5.41, 5.74) is 3.02. The number of rotatable bonds is 10. The molecule has 0 aliphatic carbocycles. The molecule has 2 aliphatic heterocycles. The van der Waals surface area contributed by atoms with E-state index in [1.54, 1.807) is 20.4 Å². The maximum atomic E-state index is 12.9. The minimum atomic E-state index is -2.57. The van der Waals surface area contributed by atoms with Gasteiger partial charge in [-0.2, -0.15) is 4.98 Å². The molecule has 5 rings (SSSR count). The zero-order valence-electron chi connectivity index (χ0n) is 25.7. The van der Waals surface area contributed by atoms with Crippen LogP contribution in [0.4, 0.5) is 34.5 Å². The van der Waals surface area contributed by atoms with Gasteiger partial charge in [-0.25, -0.2) is 4.98 Å². The van der Waals surface area contributed by atoms with Crippen molar-refractivity contribution in [2.45, 2.75) is 38.1 Å². The van der Waals surface area contributed by atoms with E-state index >= 15 is 0 Å². The number of hydrogen-bond acceptors (Lipinski definition) is 8. The van der Waals surface area contributed by atoms with E-state index in [4.69, 9.17) is 16.3 Å². The van der Waals surface area contributed by atoms with Crippen LogP contribution in [0, 0.1) is 0 Å². The first-order valence-electron chi connectivity index (χ1n) is 15.1. The minimum absolute atomic E-state index is 0.276. The van der Waals surface area contributed by atoms with Crippen molar-refractivity contribution in [2.24, 2.45) is 0 Å². The third-order valence-corrected chi connectivity index (χ3v) is 10.4. The molecule has 234 valence electrons. The van der Waals surface area contributed by atoms with Gasteiger partial charge < -0.3 is 30.6 Å². The van der Waals surface area contributed by atoms with Crippen molar-refractivity contribution in [3.8, 4) is 5.75 Å². The van der Waals surface area contributed by atoms with Gasteiger partial charge in [0.05, 0.1) is 43.8 Å². The maximum Gasteiger partial charge on any atom is 0.247 e. The van der Waals surface area contributed by atoms with E-state index in [9.17, 15) is 9.36 Å². The predicted octanol–water partition coefficient (Wildman–Crippen LogP) is 6.24. The van der Waals surface area contributed by atoms with Gasteiger partial charge in [-0.1, -0.05) is 30.3 Å². The zero-order chi connectivity index (χ0) is 31.3. The highest BCUT2D eigenvalue weighted by Gasteiger charge is 2.43. The van der Waals surface area contributed by atoms with Crippen LogP contribution in [0.25, 0.3) is 0 Å². The molecule has 10 nitrogen and oxygen atoms in total. The summed E-state index contributed by atoms with van der Waals surface area (Å²) in [7, 11) is -0.929. The van der Waals surface area contributed by atoms with Crippen LogP contribution in [-0.2, 0) is 9.36 Å². The summed E-state index contributed by atoms with van der Waals surface area (Å²) in [6, 6.07) is 11.8. The van der Waals surface area contributed by atoms with Crippen molar-refractivity contribution >= 4 is 64.5 Å². The topological polar surface area (TPSA) is 117 Å². The van der Waals surface area contributed by atoms with Crippen LogP contribution in [-0.4, -0.2) is 68.5 Å². The summed E-state index contributed by atoms with van der Waals surface area (Å²) in [6.07, 6.45) is 8.40. The number of likely N-dealkylation sites (tertiary alicyclic amines) is 1. The highest BCUT2D eigenvalue weighted by atomic mass is 35.5. The Hall–Kier alpha value is -3.43. The Labute approximate surface area is 264 Å². The number of methoxy groups -OCH3 is 1. The lowest BCUT2D eigenvalue weighted by atomic mass is 9.94. The number of amides is 1.